The van der Waals surface area contributed by atoms with E-state index in [2.05, 4.69) is 26.9 Å². The number of thioether (sulfide) groups is 1. The van der Waals surface area contributed by atoms with E-state index in [4.69, 9.17) is 5.26 Å². The van der Waals surface area contributed by atoms with Gasteiger partial charge >= 0.3 is 0 Å². The number of rotatable bonds is 6. The van der Waals surface area contributed by atoms with E-state index in [1.165, 1.54) is 28.6 Å². The van der Waals surface area contributed by atoms with Gasteiger partial charge in [-0.05, 0) is 52.4 Å². The Morgan fingerprint density at radius 3 is 2.62 bits per heavy atom. The first-order valence-corrected chi connectivity index (χ1v) is 8.60. The van der Waals surface area contributed by atoms with Gasteiger partial charge in [-0.2, -0.15) is 9.94 Å². The molecule has 26 heavy (non-hydrogen) atoms. The predicted octanol–water partition coefficient (Wildman–Crippen LogP) is 2.16. The van der Waals surface area contributed by atoms with Crippen molar-refractivity contribution in [2.45, 2.75) is 11.6 Å². The molecule has 0 fully saturated rings. The second-order valence-electron chi connectivity index (χ2n) is 5.26. The van der Waals surface area contributed by atoms with Crippen molar-refractivity contribution < 1.29 is 9.90 Å². The van der Waals surface area contributed by atoms with Crippen LogP contribution in [0.3, 0.4) is 0 Å². The molecule has 0 spiro atoms. The quantitative estimate of drug-likeness (QED) is 0.642. The molecule has 1 aromatic heterocycles. The number of nitrogens with zero attached hydrogens (tertiary/aromatic N) is 5. The molecule has 0 atom stereocenters. The van der Waals surface area contributed by atoms with E-state index < -0.39 is 0 Å². The molecule has 9 heteroatoms. The zero-order valence-electron chi connectivity index (χ0n) is 13.5. The van der Waals surface area contributed by atoms with Crippen molar-refractivity contribution in [3.05, 3.63) is 54.1 Å². The molecule has 8 nitrogen and oxygen atoms in total. The molecule has 1 amide bonds. The number of hydrogen-bond acceptors (Lipinski definition) is 7. The average Bonchev–Trinajstić information content (AvgIpc) is 3.11. The molecule has 0 saturated carbocycles. The van der Waals surface area contributed by atoms with Crippen molar-refractivity contribution in [1.82, 2.24) is 20.2 Å². The maximum absolute atomic E-state index is 12.1. The minimum absolute atomic E-state index is 0.137. The van der Waals surface area contributed by atoms with Gasteiger partial charge in [0.05, 0.1) is 23.9 Å². The highest BCUT2D eigenvalue weighted by Crippen LogP contribution is 2.20. The second-order valence-corrected chi connectivity index (χ2v) is 6.20. The van der Waals surface area contributed by atoms with Gasteiger partial charge in [0.15, 0.2) is 0 Å². The van der Waals surface area contributed by atoms with Crippen LogP contribution < -0.4 is 5.32 Å². The third kappa shape index (κ3) is 4.37. The van der Waals surface area contributed by atoms with E-state index in [-0.39, 0.29) is 17.4 Å². The van der Waals surface area contributed by atoms with Gasteiger partial charge in [0.25, 0.3) is 0 Å². The molecule has 0 aliphatic carbocycles. The number of carbonyl (C=O) groups is 1. The van der Waals surface area contributed by atoms with E-state index in [1.807, 2.05) is 0 Å². The molecule has 0 radical (unpaired) electrons. The number of aromatic hydroxyl groups is 1. The van der Waals surface area contributed by atoms with Crippen LogP contribution in [0.2, 0.25) is 0 Å². The molecule has 3 rings (SSSR count). The zero-order chi connectivity index (χ0) is 18.4. The fourth-order valence-electron chi connectivity index (χ4n) is 2.15. The fraction of sp³-hybridized carbons (Fsp3) is 0.118. The number of amides is 1. The number of carbonyl (C=O) groups excluding carboxylic acids is 1. The van der Waals surface area contributed by atoms with Gasteiger partial charge in [0.2, 0.25) is 11.1 Å². The molecule has 2 N–H and O–H groups in total. The highest BCUT2D eigenvalue weighted by molar-refractivity contribution is 7.99. The molecule has 0 bridgehead atoms. The lowest BCUT2D eigenvalue weighted by Crippen LogP contribution is -2.14. The maximum atomic E-state index is 12.1. The number of aromatic nitrogens is 4. The van der Waals surface area contributed by atoms with Gasteiger partial charge < -0.3 is 10.4 Å². The summed E-state index contributed by atoms with van der Waals surface area (Å²) < 4.78 is 1.49. The van der Waals surface area contributed by atoms with Gasteiger partial charge in [0.1, 0.15) is 5.75 Å². The minimum atomic E-state index is -0.191. The number of anilines is 1. The van der Waals surface area contributed by atoms with Crippen LogP contribution in [0.25, 0.3) is 5.69 Å². The van der Waals surface area contributed by atoms with Crippen molar-refractivity contribution >= 4 is 23.4 Å². The first-order chi connectivity index (χ1) is 12.7. The number of nitrogens with one attached hydrogen (secondary N) is 1. The summed E-state index contributed by atoms with van der Waals surface area (Å²) in [6.07, 6.45) is 0.337. The van der Waals surface area contributed by atoms with Crippen molar-refractivity contribution in [3.8, 4) is 17.5 Å². The number of nitriles is 1. The predicted molar refractivity (Wildman–Crippen MR) is 95.9 cm³/mol. The van der Waals surface area contributed by atoms with Gasteiger partial charge in [-0.1, -0.05) is 23.9 Å². The van der Waals surface area contributed by atoms with Crippen LogP contribution >= 0.6 is 11.8 Å². The lowest BCUT2D eigenvalue weighted by Gasteiger charge is -2.06. The van der Waals surface area contributed by atoms with Gasteiger partial charge in [-0.3, -0.25) is 4.79 Å². The van der Waals surface area contributed by atoms with Crippen LogP contribution in [-0.4, -0.2) is 37.0 Å². The topological polar surface area (TPSA) is 117 Å². The Morgan fingerprint density at radius 1 is 1.19 bits per heavy atom. The minimum Gasteiger partial charge on any atom is -0.508 e. The standard InChI is InChI=1S/C17H14N6O2S/c18-10-9-12-1-3-13(4-2-12)19-16(25)11-26-17-20-21-22-23(17)14-5-7-15(24)8-6-14/h1-8,24H,9,11H2,(H,19,25). The lowest BCUT2D eigenvalue weighted by molar-refractivity contribution is -0.113. The smallest absolute Gasteiger partial charge is 0.234 e. The van der Waals surface area contributed by atoms with Crippen LogP contribution in [0.1, 0.15) is 5.56 Å². The monoisotopic (exact) mass is 366 g/mol. The van der Waals surface area contributed by atoms with Crippen molar-refractivity contribution in [2.75, 3.05) is 11.1 Å². The molecule has 0 unspecified atom stereocenters. The third-order valence-electron chi connectivity index (χ3n) is 3.39. The Hall–Kier alpha value is -3.38. The number of hydrogen-bond donors (Lipinski definition) is 2. The SMILES string of the molecule is N#CCc1ccc(NC(=O)CSc2nnnn2-c2ccc(O)cc2)cc1. The number of phenolic OH excluding ortho intramolecular Hbond substituents is 1. The van der Waals surface area contributed by atoms with Gasteiger partial charge in [0, 0.05) is 5.69 Å². The van der Waals surface area contributed by atoms with E-state index in [0.717, 1.165) is 5.56 Å². The van der Waals surface area contributed by atoms with E-state index >= 15 is 0 Å². The van der Waals surface area contributed by atoms with Gasteiger partial charge in [-0.25, -0.2) is 0 Å². The molecule has 0 saturated heterocycles. The Labute approximate surface area is 153 Å². The van der Waals surface area contributed by atoms with Crippen molar-refractivity contribution in [3.63, 3.8) is 0 Å². The normalized spacial score (nSPS) is 10.3. The largest absolute Gasteiger partial charge is 0.508 e. The Morgan fingerprint density at radius 2 is 1.92 bits per heavy atom. The van der Waals surface area contributed by atoms with Crippen LogP contribution in [0.5, 0.6) is 5.75 Å². The van der Waals surface area contributed by atoms with E-state index in [9.17, 15) is 9.90 Å². The van der Waals surface area contributed by atoms with Crippen molar-refractivity contribution in [2.24, 2.45) is 0 Å². The molecular weight excluding hydrogens is 352 g/mol. The zero-order valence-corrected chi connectivity index (χ0v) is 14.3. The first kappa shape index (κ1) is 17.4. The summed E-state index contributed by atoms with van der Waals surface area (Å²) in [6.45, 7) is 0. The van der Waals surface area contributed by atoms with Gasteiger partial charge in [-0.15, -0.1) is 5.10 Å². The molecular formula is C17H14N6O2S. The number of phenols is 1. The van der Waals surface area contributed by atoms with Crippen LogP contribution in [0, 0.1) is 11.3 Å². The molecule has 0 aliphatic rings. The Bertz CT molecular complexity index is 931. The lowest BCUT2D eigenvalue weighted by atomic mass is 10.1. The molecule has 3 aromatic rings. The number of tetrazole rings is 1. The summed E-state index contributed by atoms with van der Waals surface area (Å²) in [5.74, 6) is 0.0952. The van der Waals surface area contributed by atoms with Crippen LogP contribution in [0.4, 0.5) is 5.69 Å². The summed E-state index contributed by atoms with van der Waals surface area (Å²) in [7, 11) is 0. The van der Waals surface area contributed by atoms with Crippen LogP contribution in [-0.2, 0) is 11.2 Å². The van der Waals surface area contributed by atoms with E-state index in [1.54, 1.807) is 36.4 Å². The summed E-state index contributed by atoms with van der Waals surface area (Å²) in [6, 6.07) is 15.6. The molecule has 130 valence electrons. The first-order valence-electron chi connectivity index (χ1n) is 7.62. The van der Waals surface area contributed by atoms with Crippen LogP contribution in [0.15, 0.2) is 53.7 Å². The third-order valence-corrected chi connectivity index (χ3v) is 4.31. The summed E-state index contributed by atoms with van der Waals surface area (Å²) in [5.41, 5.74) is 2.24. The highest BCUT2D eigenvalue weighted by Gasteiger charge is 2.12. The molecule has 2 aromatic carbocycles. The highest BCUT2D eigenvalue weighted by atomic mass is 32.2. The molecule has 1 heterocycles. The van der Waals surface area contributed by atoms with Crippen molar-refractivity contribution in [1.29, 1.82) is 5.26 Å². The second kappa shape index (κ2) is 8.13. The summed E-state index contributed by atoms with van der Waals surface area (Å²) in [5, 5.41) is 32.7. The maximum Gasteiger partial charge on any atom is 0.234 e. The summed E-state index contributed by atoms with van der Waals surface area (Å²) >= 11 is 1.20. The molecule has 0 aliphatic heterocycles. The Balaban J connectivity index is 1.59. The Kier molecular flexibility index (Phi) is 5.46. The number of benzene rings is 2. The summed E-state index contributed by atoms with van der Waals surface area (Å²) in [4.78, 5) is 12.1. The van der Waals surface area contributed by atoms with E-state index in [0.29, 0.717) is 23.0 Å². The average molecular weight is 366 g/mol. The fourth-order valence-corrected chi connectivity index (χ4v) is 2.84.